The van der Waals surface area contributed by atoms with Gasteiger partial charge in [0.2, 0.25) is 0 Å². The van der Waals surface area contributed by atoms with Crippen LogP contribution in [0.1, 0.15) is 41.5 Å². The molecule has 1 rings (SSSR count). The van der Waals surface area contributed by atoms with Crippen molar-refractivity contribution in [2.75, 3.05) is 6.61 Å². The zero-order valence-electron chi connectivity index (χ0n) is 15.7. The molecule has 24 heavy (non-hydrogen) atoms. The maximum absolute atomic E-state index is 11.4. The van der Waals surface area contributed by atoms with Crippen LogP contribution >= 0.6 is 0 Å². The smallest absolute Gasteiger partial charge is 0.187 e. The second-order valence-corrected chi connectivity index (χ2v) is 6.07. The van der Waals surface area contributed by atoms with Crippen molar-refractivity contribution in [1.82, 2.24) is 5.32 Å². The number of ketones is 1. The van der Waals surface area contributed by atoms with Gasteiger partial charge in [-0.25, -0.2) is 0 Å². The second-order valence-electron chi connectivity index (χ2n) is 6.07. The van der Waals surface area contributed by atoms with Gasteiger partial charge in [-0.2, -0.15) is 0 Å². The molecule has 6 heteroatoms. The molecule has 0 amide bonds. The van der Waals surface area contributed by atoms with Crippen molar-refractivity contribution >= 4 is 5.78 Å². The number of aliphatic hydroxyl groups excluding tert-OH is 3. The first-order chi connectivity index (χ1) is 10.6. The summed E-state index contributed by atoms with van der Waals surface area (Å²) in [6, 6.07) is -0.00962. The maximum Gasteiger partial charge on any atom is 0.187 e. The van der Waals surface area contributed by atoms with Gasteiger partial charge >= 0.3 is 0 Å². The van der Waals surface area contributed by atoms with Gasteiger partial charge in [0.15, 0.2) is 5.78 Å². The van der Waals surface area contributed by atoms with E-state index < -0.39 is 0 Å². The molecule has 0 aromatic heterocycles. The predicted octanol–water partition coefficient (Wildman–Crippen LogP) is 1.94. The zero-order chi connectivity index (χ0) is 18.4. The van der Waals surface area contributed by atoms with E-state index in [1.165, 1.54) is 6.08 Å². The Morgan fingerprint density at radius 3 is 1.75 bits per heavy atom. The van der Waals surface area contributed by atoms with Crippen LogP contribution in [0.5, 0.6) is 0 Å². The van der Waals surface area contributed by atoms with Gasteiger partial charge in [0.25, 0.3) is 0 Å². The van der Waals surface area contributed by atoms with E-state index in [-0.39, 0.29) is 52.4 Å². The minimum absolute atomic E-state index is 0. The number of aliphatic hydroxyl groups is 3. The van der Waals surface area contributed by atoms with Crippen LogP contribution in [0.15, 0.2) is 36.1 Å². The average molecular weight is 375 g/mol. The molecule has 1 aliphatic rings. The fourth-order valence-electron chi connectivity index (χ4n) is 1.25. The zero-order valence-corrected chi connectivity index (χ0v) is 17.2. The fourth-order valence-corrected chi connectivity index (χ4v) is 1.25. The van der Waals surface area contributed by atoms with Crippen molar-refractivity contribution in [2.24, 2.45) is 5.92 Å². The summed E-state index contributed by atoms with van der Waals surface area (Å²) in [5.41, 5.74) is 0.622. The van der Waals surface area contributed by atoms with Crippen LogP contribution in [-0.2, 0) is 26.5 Å². The molecular weight excluding hydrogens is 342 g/mol. The Morgan fingerprint density at radius 1 is 1.00 bits per heavy atom. The molecule has 0 fully saturated rings. The van der Waals surface area contributed by atoms with Crippen molar-refractivity contribution in [3.05, 3.63) is 36.1 Å². The van der Waals surface area contributed by atoms with Crippen LogP contribution in [-0.4, -0.2) is 46.0 Å². The Labute approximate surface area is 161 Å². The summed E-state index contributed by atoms with van der Waals surface area (Å²) in [5, 5.41) is 28.2. The van der Waals surface area contributed by atoms with Crippen molar-refractivity contribution in [1.29, 1.82) is 0 Å². The van der Waals surface area contributed by atoms with Gasteiger partial charge in [-0.1, -0.05) is 26.0 Å². The third-order valence-electron chi connectivity index (χ3n) is 2.37. The van der Waals surface area contributed by atoms with E-state index in [0.717, 1.165) is 0 Å². The van der Waals surface area contributed by atoms with E-state index in [9.17, 15) is 4.79 Å². The molecule has 0 spiro atoms. The number of hydrogen-bond donors (Lipinski definition) is 4. The average Bonchev–Trinajstić information content (AvgIpc) is 2.39. The summed E-state index contributed by atoms with van der Waals surface area (Å²) in [6.45, 7) is 11.0. The Hall–Kier alpha value is -0.716. The van der Waals surface area contributed by atoms with Crippen molar-refractivity contribution < 1.29 is 41.8 Å². The molecule has 0 aromatic rings. The summed E-state index contributed by atoms with van der Waals surface area (Å²) in [4.78, 5) is 11.4. The van der Waals surface area contributed by atoms with Gasteiger partial charge in [0, 0.05) is 45.7 Å². The minimum Gasteiger partial charge on any atom is -0.394 e. The summed E-state index contributed by atoms with van der Waals surface area (Å²) in [7, 11) is 0. The minimum atomic E-state index is -0.167. The second kappa shape index (κ2) is 17.1. The third kappa shape index (κ3) is 19.3. The molecule has 5 nitrogen and oxygen atoms in total. The van der Waals surface area contributed by atoms with Crippen LogP contribution in [0.25, 0.3) is 0 Å². The topological polar surface area (TPSA) is 89.8 Å². The summed E-state index contributed by atoms with van der Waals surface area (Å²) in [6.07, 6.45) is 8.15. The van der Waals surface area contributed by atoms with Crippen molar-refractivity contribution in [2.45, 2.75) is 59.8 Å². The van der Waals surface area contributed by atoms with E-state index in [0.29, 0.717) is 11.5 Å². The molecular formula is C18H33NO4Ti. The molecule has 0 aromatic carbocycles. The van der Waals surface area contributed by atoms with Crippen LogP contribution in [0.4, 0.5) is 0 Å². The van der Waals surface area contributed by atoms with Gasteiger partial charge < -0.3 is 20.6 Å². The van der Waals surface area contributed by atoms with E-state index in [2.05, 4.69) is 5.32 Å². The number of carbonyl (C=O) groups excluding carboxylic acids is 1. The van der Waals surface area contributed by atoms with Gasteiger partial charge in [-0.05, 0) is 45.8 Å². The molecule has 0 unspecified atom stereocenters. The number of hydrogen-bond acceptors (Lipinski definition) is 5. The van der Waals surface area contributed by atoms with Crippen LogP contribution in [0.3, 0.4) is 0 Å². The van der Waals surface area contributed by atoms with Crippen LogP contribution in [0, 0.1) is 5.92 Å². The van der Waals surface area contributed by atoms with Crippen LogP contribution in [0.2, 0.25) is 0 Å². The Kier molecular flexibility index (Phi) is 20.0. The number of carbonyl (C=O) groups is 1. The number of rotatable bonds is 4. The molecule has 0 saturated heterocycles. The summed E-state index contributed by atoms with van der Waals surface area (Å²) in [5.74, 6) is 0.315. The maximum atomic E-state index is 11.4. The third-order valence-corrected chi connectivity index (χ3v) is 2.37. The summed E-state index contributed by atoms with van der Waals surface area (Å²) < 4.78 is 0. The quantitative estimate of drug-likeness (QED) is 0.446. The predicted molar refractivity (Wildman–Crippen MR) is 94.9 cm³/mol. The molecule has 4 N–H and O–H groups in total. The van der Waals surface area contributed by atoms with Gasteiger partial charge in [-0.15, -0.1) is 0 Å². The van der Waals surface area contributed by atoms with Crippen molar-refractivity contribution in [3.8, 4) is 0 Å². The standard InChI is InChI=1S/C12H17NO2.2C3H8O.Ti/c1-9(2)11(8-14)13-7-10-5-3-4-6-12(10)15;2*1-3(2)4;/h3-7,9,11,13-14H,8H2,1-2H3;2*3-4H,1-2H3;/b10-7-;;;/t11-;;;/m1.../s1. The van der Waals surface area contributed by atoms with Gasteiger partial charge in [-0.3, -0.25) is 4.79 Å². The Bertz CT molecular complexity index is 390. The summed E-state index contributed by atoms with van der Waals surface area (Å²) >= 11 is 0. The van der Waals surface area contributed by atoms with E-state index in [1.807, 2.05) is 19.9 Å². The molecule has 0 radical (unpaired) electrons. The molecule has 0 bridgehead atoms. The van der Waals surface area contributed by atoms with E-state index in [4.69, 9.17) is 15.3 Å². The van der Waals surface area contributed by atoms with E-state index >= 15 is 0 Å². The SMILES string of the molecule is CC(C)O.CC(C)O.CC(C)[C@@H](CO)N/C=C1/C=CC=CC1=O.[Ti]. The Morgan fingerprint density at radius 2 is 1.42 bits per heavy atom. The fraction of sp³-hybridized carbons (Fsp3) is 0.611. The number of allylic oxidation sites excluding steroid dienone is 5. The monoisotopic (exact) mass is 375 g/mol. The Balaban J connectivity index is -0.000000413. The first-order valence-electron chi connectivity index (χ1n) is 7.94. The molecule has 138 valence electrons. The van der Waals surface area contributed by atoms with Crippen molar-refractivity contribution in [3.63, 3.8) is 0 Å². The largest absolute Gasteiger partial charge is 0.394 e. The first kappa shape index (κ1) is 28.1. The molecule has 1 aliphatic carbocycles. The first-order valence-corrected chi connectivity index (χ1v) is 7.94. The number of nitrogens with one attached hydrogen (secondary N) is 1. The molecule has 0 aliphatic heterocycles. The molecule has 0 saturated carbocycles. The van der Waals surface area contributed by atoms with Crippen LogP contribution < -0.4 is 5.32 Å². The molecule has 0 heterocycles. The molecule has 1 atom stereocenters. The van der Waals surface area contributed by atoms with Gasteiger partial charge in [0.05, 0.1) is 12.6 Å². The van der Waals surface area contributed by atoms with E-state index in [1.54, 1.807) is 46.0 Å². The van der Waals surface area contributed by atoms with Gasteiger partial charge in [0.1, 0.15) is 0 Å². The normalized spacial score (nSPS) is 15.5.